The Labute approximate surface area is 119 Å². The van der Waals surface area contributed by atoms with E-state index in [4.69, 9.17) is 0 Å². The molecule has 0 aliphatic heterocycles. The fourth-order valence-electron chi connectivity index (χ4n) is 1.83. The van der Waals surface area contributed by atoms with Gasteiger partial charge in [0.2, 0.25) is 5.91 Å². The molecule has 1 amide bonds. The Morgan fingerprint density at radius 2 is 2.05 bits per heavy atom. The molecule has 2 rings (SSSR count). The molecule has 4 heteroatoms. The highest BCUT2D eigenvalue weighted by molar-refractivity contribution is 6.01. The first-order valence-corrected chi connectivity index (χ1v) is 6.71. The number of benzene rings is 1. The molecule has 4 nitrogen and oxygen atoms in total. The van der Waals surface area contributed by atoms with E-state index in [0.717, 1.165) is 17.9 Å². The van der Waals surface area contributed by atoms with Gasteiger partial charge in [-0.2, -0.15) is 5.10 Å². The highest BCUT2D eigenvalue weighted by Crippen LogP contribution is 2.09. The molecule has 0 saturated carbocycles. The van der Waals surface area contributed by atoms with Gasteiger partial charge in [-0.05, 0) is 17.6 Å². The van der Waals surface area contributed by atoms with Crippen LogP contribution in [0.25, 0.3) is 6.08 Å². The highest BCUT2D eigenvalue weighted by atomic mass is 16.1. The molecule has 1 aromatic carbocycles. The van der Waals surface area contributed by atoms with E-state index < -0.39 is 0 Å². The lowest BCUT2D eigenvalue weighted by Crippen LogP contribution is -2.15. The van der Waals surface area contributed by atoms with Gasteiger partial charge in [-0.3, -0.25) is 4.79 Å². The number of carbonyl (C=O) groups excluding carboxylic acids is 1. The van der Waals surface area contributed by atoms with Gasteiger partial charge in [0.1, 0.15) is 5.82 Å². The number of amides is 1. The standard InChI is InChI=1S/C16H19N3O/c1-13(2)12-19-15(10-11-17-19)18-16(20)9-8-14-6-4-3-5-7-14/h3-11,13H,12H2,1-2H3,(H,18,20)/b9-8+. The van der Waals surface area contributed by atoms with Crippen LogP contribution in [0.5, 0.6) is 0 Å². The van der Waals surface area contributed by atoms with Crippen molar-refractivity contribution in [1.82, 2.24) is 9.78 Å². The van der Waals surface area contributed by atoms with E-state index in [1.54, 1.807) is 23.0 Å². The lowest BCUT2D eigenvalue weighted by Gasteiger charge is -2.09. The molecular formula is C16H19N3O. The Balaban J connectivity index is 1.98. The summed E-state index contributed by atoms with van der Waals surface area (Å²) in [7, 11) is 0. The molecule has 0 radical (unpaired) electrons. The monoisotopic (exact) mass is 269 g/mol. The van der Waals surface area contributed by atoms with Crippen LogP contribution in [0, 0.1) is 5.92 Å². The first-order valence-electron chi connectivity index (χ1n) is 6.71. The number of hydrogen-bond acceptors (Lipinski definition) is 2. The second-order valence-electron chi connectivity index (χ2n) is 5.03. The zero-order valence-electron chi connectivity index (χ0n) is 11.8. The molecule has 20 heavy (non-hydrogen) atoms. The van der Waals surface area contributed by atoms with Crippen LogP contribution in [0.4, 0.5) is 5.82 Å². The van der Waals surface area contributed by atoms with E-state index in [9.17, 15) is 4.79 Å². The molecule has 0 saturated heterocycles. The van der Waals surface area contributed by atoms with E-state index in [-0.39, 0.29) is 5.91 Å². The molecule has 1 heterocycles. The minimum atomic E-state index is -0.153. The lowest BCUT2D eigenvalue weighted by atomic mass is 10.2. The summed E-state index contributed by atoms with van der Waals surface area (Å²) in [4.78, 5) is 11.9. The van der Waals surface area contributed by atoms with Crippen molar-refractivity contribution in [2.24, 2.45) is 5.92 Å². The largest absolute Gasteiger partial charge is 0.307 e. The van der Waals surface area contributed by atoms with Crippen molar-refractivity contribution < 1.29 is 4.79 Å². The van der Waals surface area contributed by atoms with Gasteiger partial charge in [-0.25, -0.2) is 4.68 Å². The number of hydrogen-bond donors (Lipinski definition) is 1. The van der Waals surface area contributed by atoms with Crippen molar-refractivity contribution in [3.8, 4) is 0 Å². The van der Waals surface area contributed by atoms with E-state index in [2.05, 4.69) is 24.3 Å². The molecule has 0 bridgehead atoms. The quantitative estimate of drug-likeness (QED) is 0.847. The Morgan fingerprint density at radius 3 is 2.75 bits per heavy atom. The molecule has 1 N–H and O–H groups in total. The minimum Gasteiger partial charge on any atom is -0.307 e. The molecule has 104 valence electrons. The molecule has 0 atom stereocenters. The zero-order chi connectivity index (χ0) is 14.4. The van der Waals surface area contributed by atoms with E-state index in [0.29, 0.717) is 5.92 Å². The average Bonchev–Trinajstić information content (AvgIpc) is 2.84. The van der Waals surface area contributed by atoms with Gasteiger partial charge in [0.15, 0.2) is 0 Å². The fourth-order valence-corrected chi connectivity index (χ4v) is 1.83. The van der Waals surface area contributed by atoms with E-state index in [1.807, 2.05) is 30.3 Å². The van der Waals surface area contributed by atoms with Crippen LogP contribution in [0.1, 0.15) is 19.4 Å². The molecular weight excluding hydrogens is 250 g/mol. The predicted octanol–water partition coefficient (Wildman–Crippen LogP) is 3.19. The predicted molar refractivity (Wildman–Crippen MR) is 81.2 cm³/mol. The van der Waals surface area contributed by atoms with Crippen LogP contribution < -0.4 is 5.32 Å². The maximum Gasteiger partial charge on any atom is 0.249 e. The van der Waals surface area contributed by atoms with Gasteiger partial charge in [0.05, 0.1) is 6.20 Å². The third kappa shape index (κ3) is 4.09. The fraction of sp³-hybridized carbons (Fsp3) is 0.250. The topological polar surface area (TPSA) is 46.9 Å². The maximum absolute atomic E-state index is 11.9. The Bertz CT molecular complexity index is 585. The second kappa shape index (κ2) is 6.70. The van der Waals surface area contributed by atoms with Gasteiger partial charge in [0.25, 0.3) is 0 Å². The summed E-state index contributed by atoms with van der Waals surface area (Å²) in [5, 5.41) is 7.05. The zero-order valence-corrected chi connectivity index (χ0v) is 11.8. The lowest BCUT2D eigenvalue weighted by molar-refractivity contribution is -0.111. The second-order valence-corrected chi connectivity index (χ2v) is 5.03. The first-order chi connectivity index (χ1) is 9.65. The summed E-state index contributed by atoms with van der Waals surface area (Å²) in [6, 6.07) is 11.5. The van der Waals surface area contributed by atoms with Crippen LogP contribution in [0.3, 0.4) is 0 Å². The number of carbonyl (C=O) groups is 1. The van der Waals surface area contributed by atoms with Gasteiger partial charge in [-0.1, -0.05) is 44.2 Å². The normalized spacial score (nSPS) is 11.2. The summed E-state index contributed by atoms with van der Waals surface area (Å²) < 4.78 is 1.80. The Kier molecular flexibility index (Phi) is 4.71. The number of anilines is 1. The molecule has 1 aromatic heterocycles. The van der Waals surface area contributed by atoms with Crippen molar-refractivity contribution >= 4 is 17.8 Å². The molecule has 0 fully saturated rings. The molecule has 2 aromatic rings. The number of nitrogens with zero attached hydrogens (tertiary/aromatic N) is 2. The first kappa shape index (κ1) is 14.1. The molecule has 0 aliphatic rings. The van der Waals surface area contributed by atoms with Gasteiger partial charge < -0.3 is 5.32 Å². The molecule has 0 aliphatic carbocycles. The number of aromatic nitrogens is 2. The van der Waals surface area contributed by atoms with Crippen molar-refractivity contribution in [2.45, 2.75) is 20.4 Å². The smallest absolute Gasteiger partial charge is 0.249 e. The summed E-state index contributed by atoms with van der Waals surface area (Å²) >= 11 is 0. The van der Waals surface area contributed by atoms with Crippen LogP contribution in [-0.4, -0.2) is 15.7 Å². The number of nitrogens with one attached hydrogen (secondary N) is 1. The summed E-state index contributed by atoms with van der Waals surface area (Å²) in [6.07, 6.45) is 5.01. The van der Waals surface area contributed by atoms with Gasteiger partial charge >= 0.3 is 0 Å². The summed E-state index contributed by atoms with van der Waals surface area (Å²) in [6.45, 7) is 5.01. The van der Waals surface area contributed by atoms with Gasteiger partial charge in [-0.15, -0.1) is 0 Å². The van der Waals surface area contributed by atoms with E-state index in [1.165, 1.54) is 6.08 Å². The van der Waals surface area contributed by atoms with Crippen LogP contribution in [0.2, 0.25) is 0 Å². The Morgan fingerprint density at radius 1 is 1.30 bits per heavy atom. The third-order valence-electron chi connectivity index (χ3n) is 2.73. The number of rotatable bonds is 5. The van der Waals surface area contributed by atoms with Crippen LogP contribution in [-0.2, 0) is 11.3 Å². The summed E-state index contributed by atoms with van der Waals surface area (Å²) in [5.41, 5.74) is 0.998. The van der Waals surface area contributed by atoms with Crippen molar-refractivity contribution in [3.63, 3.8) is 0 Å². The average molecular weight is 269 g/mol. The van der Waals surface area contributed by atoms with E-state index >= 15 is 0 Å². The SMILES string of the molecule is CC(C)Cn1nccc1NC(=O)/C=C/c1ccccc1. The molecule has 0 spiro atoms. The van der Waals surface area contributed by atoms with Crippen molar-refractivity contribution in [3.05, 3.63) is 54.2 Å². The minimum absolute atomic E-state index is 0.153. The van der Waals surface area contributed by atoms with Crippen molar-refractivity contribution in [1.29, 1.82) is 0 Å². The van der Waals surface area contributed by atoms with Crippen molar-refractivity contribution in [2.75, 3.05) is 5.32 Å². The maximum atomic E-state index is 11.9. The summed E-state index contributed by atoms with van der Waals surface area (Å²) in [5.74, 6) is 1.05. The highest BCUT2D eigenvalue weighted by Gasteiger charge is 2.06. The third-order valence-corrected chi connectivity index (χ3v) is 2.73. The molecule has 0 unspecified atom stereocenters. The Hall–Kier alpha value is -2.36. The van der Waals surface area contributed by atoms with Gasteiger partial charge in [0, 0.05) is 18.7 Å². The van der Waals surface area contributed by atoms with Crippen LogP contribution in [0.15, 0.2) is 48.7 Å². The van der Waals surface area contributed by atoms with Crippen LogP contribution >= 0.6 is 0 Å².